The Morgan fingerprint density at radius 1 is 1.27 bits per heavy atom. The van der Waals surface area contributed by atoms with Crippen molar-refractivity contribution in [2.75, 3.05) is 20.2 Å². The Labute approximate surface area is 125 Å². The van der Waals surface area contributed by atoms with Gasteiger partial charge >= 0.3 is 11.6 Å². The number of carboxylic acids is 1. The Balaban J connectivity index is 1.97. The van der Waals surface area contributed by atoms with Crippen molar-refractivity contribution in [2.45, 2.75) is 6.42 Å². The van der Waals surface area contributed by atoms with Crippen LogP contribution in [0.2, 0.25) is 0 Å². The predicted octanol–water partition coefficient (Wildman–Crippen LogP) is 1.10. The van der Waals surface area contributed by atoms with E-state index >= 15 is 0 Å². The summed E-state index contributed by atoms with van der Waals surface area (Å²) in [4.78, 5) is 34.7. The number of hydrogen-bond acceptors (Lipinski definition) is 5. The summed E-state index contributed by atoms with van der Waals surface area (Å²) in [6.07, 6.45) is -0.122. The van der Waals surface area contributed by atoms with Gasteiger partial charge in [-0.15, -0.1) is 0 Å². The lowest BCUT2D eigenvalue weighted by Crippen LogP contribution is -2.33. The fraction of sp³-hybridized carbons (Fsp3) is 0.267. The van der Waals surface area contributed by atoms with E-state index in [1.54, 1.807) is 18.2 Å². The molecule has 116 valence electrons. The van der Waals surface area contributed by atoms with E-state index in [2.05, 4.69) is 0 Å². The molecule has 1 amide bonds. The zero-order chi connectivity index (χ0) is 16.1. The van der Waals surface area contributed by atoms with Crippen molar-refractivity contribution in [2.24, 2.45) is 0 Å². The lowest BCUT2D eigenvalue weighted by molar-refractivity contribution is -0.138. The van der Waals surface area contributed by atoms with Gasteiger partial charge in [-0.05, 0) is 18.2 Å². The van der Waals surface area contributed by atoms with Gasteiger partial charge in [-0.2, -0.15) is 0 Å². The first kappa shape index (κ1) is 15.6. The Morgan fingerprint density at radius 2 is 2.00 bits per heavy atom. The minimum Gasteiger partial charge on any atom is -0.484 e. The SMILES string of the molecule is CN(CCC(=O)O)C(=O)COc1ccc2ccc(=O)oc2c1. The summed E-state index contributed by atoms with van der Waals surface area (Å²) in [6, 6.07) is 7.86. The van der Waals surface area contributed by atoms with Gasteiger partial charge in [-0.1, -0.05) is 0 Å². The molecule has 0 spiro atoms. The lowest BCUT2D eigenvalue weighted by Gasteiger charge is -2.16. The van der Waals surface area contributed by atoms with E-state index in [1.165, 1.54) is 24.1 Å². The molecular weight excluding hydrogens is 290 g/mol. The molecule has 22 heavy (non-hydrogen) atoms. The van der Waals surface area contributed by atoms with Crippen molar-refractivity contribution in [3.63, 3.8) is 0 Å². The predicted molar refractivity (Wildman–Crippen MR) is 77.9 cm³/mol. The fourth-order valence-electron chi connectivity index (χ4n) is 1.77. The van der Waals surface area contributed by atoms with Gasteiger partial charge in [-0.3, -0.25) is 9.59 Å². The third-order valence-electron chi connectivity index (χ3n) is 3.04. The second-order valence-corrected chi connectivity index (χ2v) is 4.70. The van der Waals surface area contributed by atoms with Gasteiger partial charge in [0, 0.05) is 31.1 Å². The number of ether oxygens (including phenoxy) is 1. The fourth-order valence-corrected chi connectivity index (χ4v) is 1.77. The molecule has 0 aliphatic rings. The van der Waals surface area contributed by atoms with Crippen molar-refractivity contribution in [1.29, 1.82) is 0 Å². The van der Waals surface area contributed by atoms with E-state index in [1.807, 2.05) is 0 Å². The molecule has 0 aliphatic heterocycles. The van der Waals surface area contributed by atoms with Crippen molar-refractivity contribution in [1.82, 2.24) is 4.90 Å². The number of hydrogen-bond donors (Lipinski definition) is 1. The highest BCUT2D eigenvalue weighted by Gasteiger charge is 2.11. The Morgan fingerprint density at radius 3 is 2.73 bits per heavy atom. The maximum Gasteiger partial charge on any atom is 0.336 e. The van der Waals surface area contributed by atoms with Crippen molar-refractivity contribution in [3.05, 3.63) is 40.8 Å². The summed E-state index contributed by atoms with van der Waals surface area (Å²) < 4.78 is 10.4. The largest absolute Gasteiger partial charge is 0.484 e. The quantitative estimate of drug-likeness (QED) is 0.803. The molecule has 1 aromatic heterocycles. The van der Waals surface area contributed by atoms with Crippen LogP contribution in [0.4, 0.5) is 0 Å². The highest BCUT2D eigenvalue weighted by Crippen LogP contribution is 2.19. The van der Waals surface area contributed by atoms with Crippen molar-refractivity contribution in [3.8, 4) is 5.75 Å². The van der Waals surface area contributed by atoms with Crippen molar-refractivity contribution >= 4 is 22.8 Å². The number of rotatable bonds is 6. The number of fused-ring (bicyclic) bond motifs is 1. The standard InChI is InChI=1S/C15H15NO6/c1-16(7-6-14(18)19)13(17)9-21-11-4-2-10-3-5-15(20)22-12(10)8-11/h2-5,8H,6-7,9H2,1H3,(H,18,19). The van der Waals surface area contributed by atoms with E-state index in [4.69, 9.17) is 14.3 Å². The number of benzene rings is 1. The van der Waals surface area contributed by atoms with Crippen LogP contribution >= 0.6 is 0 Å². The molecule has 2 aromatic rings. The van der Waals surface area contributed by atoms with Crippen LogP contribution in [0.5, 0.6) is 5.75 Å². The zero-order valence-corrected chi connectivity index (χ0v) is 11.9. The molecule has 7 heteroatoms. The number of carbonyl (C=O) groups is 2. The van der Waals surface area contributed by atoms with Crippen LogP contribution in [-0.2, 0) is 9.59 Å². The number of likely N-dealkylation sites (N-methyl/N-ethyl adjacent to an activating group) is 1. The van der Waals surface area contributed by atoms with Crippen LogP contribution in [0.3, 0.4) is 0 Å². The first-order valence-electron chi connectivity index (χ1n) is 6.58. The minimum atomic E-state index is -0.967. The molecule has 0 aliphatic carbocycles. The van der Waals surface area contributed by atoms with Crippen LogP contribution in [0.15, 0.2) is 39.5 Å². The van der Waals surface area contributed by atoms with Crippen molar-refractivity contribution < 1.29 is 23.8 Å². The Hall–Kier alpha value is -2.83. The van der Waals surface area contributed by atoms with E-state index in [0.29, 0.717) is 11.3 Å². The molecule has 2 rings (SSSR count). The number of carbonyl (C=O) groups excluding carboxylic acids is 1. The molecule has 0 atom stereocenters. The highest BCUT2D eigenvalue weighted by molar-refractivity contribution is 5.79. The van der Waals surface area contributed by atoms with Gasteiger partial charge < -0.3 is 19.2 Å². The topological polar surface area (TPSA) is 97.0 Å². The molecule has 7 nitrogen and oxygen atoms in total. The first-order chi connectivity index (χ1) is 10.5. The van der Waals surface area contributed by atoms with Gasteiger partial charge in [0.05, 0.1) is 6.42 Å². The summed E-state index contributed by atoms with van der Waals surface area (Å²) in [5, 5.41) is 9.32. The Bertz CT molecular complexity index is 751. The minimum absolute atomic E-state index is 0.115. The van der Waals surface area contributed by atoms with Gasteiger partial charge in [0.1, 0.15) is 11.3 Å². The molecule has 0 bridgehead atoms. The molecule has 0 saturated carbocycles. The van der Waals surface area contributed by atoms with E-state index in [0.717, 1.165) is 5.39 Å². The molecule has 0 unspecified atom stereocenters. The maximum atomic E-state index is 11.8. The number of carboxylic acid groups (broad SMARTS) is 1. The molecule has 1 aromatic carbocycles. The summed E-state index contributed by atoms with van der Waals surface area (Å²) >= 11 is 0. The van der Waals surface area contributed by atoms with Crippen LogP contribution in [0.1, 0.15) is 6.42 Å². The maximum absolute atomic E-state index is 11.8. The smallest absolute Gasteiger partial charge is 0.336 e. The molecule has 0 radical (unpaired) electrons. The van der Waals surface area contributed by atoms with E-state index in [9.17, 15) is 14.4 Å². The highest BCUT2D eigenvalue weighted by atomic mass is 16.5. The lowest BCUT2D eigenvalue weighted by atomic mass is 10.2. The normalized spacial score (nSPS) is 10.4. The third kappa shape index (κ3) is 4.08. The van der Waals surface area contributed by atoms with Crippen LogP contribution in [0.25, 0.3) is 11.0 Å². The summed E-state index contributed by atoms with van der Waals surface area (Å²) in [5.41, 5.74) is -0.0918. The second-order valence-electron chi connectivity index (χ2n) is 4.70. The van der Waals surface area contributed by atoms with Gasteiger partial charge in [0.2, 0.25) is 0 Å². The second kappa shape index (κ2) is 6.75. The summed E-state index contributed by atoms with van der Waals surface area (Å²) in [7, 11) is 1.51. The average molecular weight is 305 g/mol. The van der Waals surface area contributed by atoms with Gasteiger partial charge in [0.25, 0.3) is 5.91 Å². The first-order valence-corrected chi connectivity index (χ1v) is 6.58. The van der Waals surface area contributed by atoms with Gasteiger partial charge in [0.15, 0.2) is 6.61 Å². The van der Waals surface area contributed by atoms with Crippen LogP contribution in [-0.4, -0.2) is 42.1 Å². The van der Waals surface area contributed by atoms with Crippen LogP contribution in [0, 0.1) is 0 Å². The molecule has 1 heterocycles. The van der Waals surface area contributed by atoms with E-state index in [-0.39, 0.29) is 25.5 Å². The average Bonchev–Trinajstić information content (AvgIpc) is 2.49. The zero-order valence-electron chi connectivity index (χ0n) is 11.9. The molecular formula is C15H15NO6. The molecule has 0 fully saturated rings. The monoisotopic (exact) mass is 305 g/mol. The summed E-state index contributed by atoms with van der Waals surface area (Å²) in [6.45, 7) is -0.108. The molecule has 1 N–H and O–H groups in total. The third-order valence-corrected chi connectivity index (χ3v) is 3.04. The summed E-state index contributed by atoms with van der Waals surface area (Å²) in [5.74, 6) is -0.914. The Kier molecular flexibility index (Phi) is 4.77. The van der Waals surface area contributed by atoms with Gasteiger partial charge in [-0.25, -0.2) is 4.79 Å². The number of aliphatic carboxylic acids is 1. The number of nitrogens with zero attached hydrogens (tertiary/aromatic N) is 1. The number of amides is 1. The van der Waals surface area contributed by atoms with E-state index < -0.39 is 11.6 Å². The van der Waals surface area contributed by atoms with Crippen LogP contribution < -0.4 is 10.4 Å². The molecule has 0 saturated heterocycles.